The molecule has 0 unspecified atom stereocenters. The van der Waals surface area contributed by atoms with Gasteiger partial charge in [0.15, 0.2) is 0 Å². The van der Waals surface area contributed by atoms with Crippen LogP contribution in [-0.4, -0.2) is 11.8 Å². The summed E-state index contributed by atoms with van der Waals surface area (Å²) in [6, 6.07) is 0. The van der Waals surface area contributed by atoms with Crippen molar-refractivity contribution in [2.24, 2.45) is 22.3 Å². The molecule has 0 heterocycles. The summed E-state index contributed by atoms with van der Waals surface area (Å²) in [6.45, 7) is 3.62. The van der Waals surface area contributed by atoms with Gasteiger partial charge in [0.2, 0.25) is 11.8 Å². The second-order valence-electron chi connectivity index (χ2n) is 3.69. The van der Waals surface area contributed by atoms with Crippen LogP contribution in [0.5, 0.6) is 0 Å². The number of hydrogen-bond acceptors (Lipinski definition) is 2. The molecule has 4 heteroatoms. The van der Waals surface area contributed by atoms with Gasteiger partial charge in [0, 0.05) is 0 Å². The van der Waals surface area contributed by atoms with Crippen molar-refractivity contribution in [3.63, 3.8) is 0 Å². The van der Waals surface area contributed by atoms with Gasteiger partial charge in [0.25, 0.3) is 0 Å². The lowest BCUT2D eigenvalue weighted by Gasteiger charge is -2.11. The Kier molecular flexibility index (Phi) is 1.28. The molecule has 4 nitrogen and oxygen atoms in total. The second-order valence-corrected chi connectivity index (χ2v) is 3.69. The highest BCUT2D eigenvalue weighted by molar-refractivity contribution is 6.08. The molecular formula is C7H12N2O2. The third-order valence-corrected chi connectivity index (χ3v) is 2.58. The van der Waals surface area contributed by atoms with Gasteiger partial charge in [-0.1, -0.05) is 13.8 Å². The number of primary amides is 2. The molecule has 2 amide bonds. The highest BCUT2D eigenvalue weighted by Gasteiger charge is 2.69. The smallest absolute Gasteiger partial charge is 0.233 e. The Labute approximate surface area is 64.9 Å². The molecule has 11 heavy (non-hydrogen) atoms. The molecule has 62 valence electrons. The summed E-state index contributed by atoms with van der Waals surface area (Å²) in [4.78, 5) is 21.7. The van der Waals surface area contributed by atoms with E-state index < -0.39 is 17.2 Å². The first-order valence-electron chi connectivity index (χ1n) is 3.44. The topological polar surface area (TPSA) is 86.2 Å². The van der Waals surface area contributed by atoms with Crippen LogP contribution in [-0.2, 0) is 9.59 Å². The normalized spacial score (nSPS) is 24.2. The average Bonchev–Trinajstić information content (AvgIpc) is 2.35. The Bertz CT molecular complexity index is 219. The first kappa shape index (κ1) is 8.04. The summed E-state index contributed by atoms with van der Waals surface area (Å²) in [5.41, 5.74) is 8.72. The molecule has 1 aliphatic rings. The molecule has 4 N–H and O–H groups in total. The lowest BCUT2D eigenvalue weighted by atomic mass is 9.95. The molecule has 0 saturated heterocycles. The third-order valence-electron chi connectivity index (χ3n) is 2.58. The summed E-state index contributed by atoms with van der Waals surface area (Å²) in [6.07, 6.45) is 0.477. The Balaban J connectivity index is 2.98. The van der Waals surface area contributed by atoms with E-state index in [9.17, 15) is 9.59 Å². The molecule has 1 fully saturated rings. The van der Waals surface area contributed by atoms with E-state index in [1.165, 1.54) is 0 Å². The molecule has 0 aromatic heterocycles. The number of amides is 2. The van der Waals surface area contributed by atoms with Gasteiger partial charge in [0.05, 0.1) is 0 Å². The van der Waals surface area contributed by atoms with E-state index >= 15 is 0 Å². The lowest BCUT2D eigenvalue weighted by Crippen LogP contribution is -2.40. The maximum Gasteiger partial charge on any atom is 0.233 e. The van der Waals surface area contributed by atoms with Gasteiger partial charge in [-0.2, -0.15) is 0 Å². The van der Waals surface area contributed by atoms with Gasteiger partial charge >= 0.3 is 0 Å². The van der Waals surface area contributed by atoms with Crippen molar-refractivity contribution in [1.29, 1.82) is 0 Å². The largest absolute Gasteiger partial charge is 0.369 e. The first-order valence-corrected chi connectivity index (χ1v) is 3.44. The number of rotatable bonds is 2. The number of hydrogen-bond donors (Lipinski definition) is 2. The standard InChI is InChI=1S/C7H12N2O2/c1-6(2)3-7(6,4(8)10)5(9)11/h3H2,1-2H3,(H2,8,10)(H2,9,11). The van der Waals surface area contributed by atoms with Crippen molar-refractivity contribution < 1.29 is 9.59 Å². The van der Waals surface area contributed by atoms with Crippen LogP contribution < -0.4 is 11.5 Å². The molecule has 0 bridgehead atoms. The zero-order chi connectivity index (χ0) is 8.86. The van der Waals surface area contributed by atoms with Crippen molar-refractivity contribution >= 4 is 11.8 Å². The Morgan fingerprint density at radius 3 is 1.45 bits per heavy atom. The van der Waals surface area contributed by atoms with Gasteiger partial charge in [-0.3, -0.25) is 9.59 Å². The minimum Gasteiger partial charge on any atom is -0.369 e. The fourth-order valence-electron chi connectivity index (χ4n) is 1.58. The molecule has 1 saturated carbocycles. The highest BCUT2D eigenvalue weighted by atomic mass is 16.2. The van der Waals surface area contributed by atoms with E-state index in [2.05, 4.69) is 0 Å². The zero-order valence-electron chi connectivity index (χ0n) is 6.68. The van der Waals surface area contributed by atoms with E-state index in [1.54, 1.807) is 0 Å². The molecular weight excluding hydrogens is 144 g/mol. The lowest BCUT2D eigenvalue weighted by molar-refractivity contribution is -0.135. The molecule has 1 aliphatic carbocycles. The summed E-state index contributed by atoms with van der Waals surface area (Å²) in [7, 11) is 0. The van der Waals surface area contributed by atoms with Crippen LogP contribution in [0, 0.1) is 10.8 Å². The fraction of sp³-hybridized carbons (Fsp3) is 0.714. The van der Waals surface area contributed by atoms with Crippen LogP contribution >= 0.6 is 0 Å². The van der Waals surface area contributed by atoms with Crippen molar-refractivity contribution in [3.8, 4) is 0 Å². The Hall–Kier alpha value is -1.06. The van der Waals surface area contributed by atoms with E-state index in [1.807, 2.05) is 13.8 Å². The molecule has 0 aromatic carbocycles. The molecule has 0 radical (unpaired) electrons. The third kappa shape index (κ3) is 0.751. The van der Waals surface area contributed by atoms with Crippen LogP contribution in [0.1, 0.15) is 20.3 Å². The maximum absolute atomic E-state index is 10.9. The molecule has 1 rings (SSSR count). The van der Waals surface area contributed by atoms with Gasteiger partial charge < -0.3 is 11.5 Å². The Morgan fingerprint density at radius 2 is 1.45 bits per heavy atom. The van der Waals surface area contributed by atoms with Crippen molar-refractivity contribution in [2.45, 2.75) is 20.3 Å². The van der Waals surface area contributed by atoms with E-state index in [-0.39, 0.29) is 5.41 Å². The van der Waals surface area contributed by atoms with Crippen molar-refractivity contribution in [2.75, 3.05) is 0 Å². The van der Waals surface area contributed by atoms with Crippen LogP contribution in [0.15, 0.2) is 0 Å². The molecule has 0 aromatic rings. The zero-order valence-corrected chi connectivity index (χ0v) is 6.68. The quantitative estimate of drug-likeness (QED) is 0.522. The monoisotopic (exact) mass is 156 g/mol. The Morgan fingerprint density at radius 1 is 1.18 bits per heavy atom. The molecule has 0 spiro atoms. The average molecular weight is 156 g/mol. The summed E-state index contributed by atoms with van der Waals surface area (Å²) in [5, 5.41) is 0. The summed E-state index contributed by atoms with van der Waals surface area (Å²) < 4.78 is 0. The predicted octanol–water partition coefficient (Wildman–Crippen LogP) is -0.627. The van der Waals surface area contributed by atoms with Gasteiger partial charge in [-0.15, -0.1) is 0 Å². The van der Waals surface area contributed by atoms with Crippen LogP contribution in [0.2, 0.25) is 0 Å². The highest BCUT2D eigenvalue weighted by Crippen LogP contribution is 2.62. The van der Waals surface area contributed by atoms with Crippen LogP contribution in [0.3, 0.4) is 0 Å². The summed E-state index contributed by atoms with van der Waals surface area (Å²) in [5.74, 6) is -1.20. The first-order chi connectivity index (χ1) is 4.84. The van der Waals surface area contributed by atoms with Gasteiger partial charge in [-0.25, -0.2) is 0 Å². The maximum atomic E-state index is 10.9. The number of nitrogens with two attached hydrogens (primary N) is 2. The van der Waals surface area contributed by atoms with E-state index in [0.29, 0.717) is 6.42 Å². The van der Waals surface area contributed by atoms with E-state index in [0.717, 1.165) is 0 Å². The van der Waals surface area contributed by atoms with Gasteiger partial charge in [-0.05, 0) is 11.8 Å². The minimum absolute atomic E-state index is 0.343. The van der Waals surface area contributed by atoms with E-state index in [4.69, 9.17) is 11.5 Å². The molecule has 0 atom stereocenters. The number of carbonyl (C=O) groups is 2. The SMILES string of the molecule is CC1(C)CC1(C(N)=O)C(N)=O. The van der Waals surface area contributed by atoms with Crippen molar-refractivity contribution in [1.82, 2.24) is 0 Å². The molecule has 0 aliphatic heterocycles. The minimum atomic E-state index is -1.08. The fourth-order valence-corrected chi connectivity index (χ4v) is 1.58. The van der Waals surface area contributed by atoms with Crippen molar-refractivity contribution in [3.05, 3.63) is 0 Å². The van der Waals surface area contributed by atoms with Gasteiger partial charge in [0.1, 0.15) is 5.41 Å². The van der Waals surface area contributed by atoms with Crippen LogP contribution in [0.4, 0.5) is 0 Å². The summed E-state index contributed by atoms with van der Waals surface area (Å²) >= 11 is 0. The van der Waals surface area contributed by atoms with Crippen LogP contribution in [0.25, 0.3) is 0 Å². The number of carbonyl (C=O) groups excluding carboxylic acids is 2. The predicted molar refractivity (Wildman–Crippen MR) is 39.2 cm³/mol. The second kappa shape index (κ2) is 1.75.